The molecule has 0 aromatic rings. The summed E-state index contributed by atoms with van der Waals surface area (Å²) in [6.45, 7) is -2.45. The van der Waals surface area contributed by atoms with Crippen LogP contribution in [0.15, 0.2) is 24.3 Å². The number of carboxylic acids is 2. The lowest BCUT2D eigenvalue weighted by Gasteiger charge is -2.51. The quantitative estimate of drug-likeness (QED) is 0.0250. The van der Waals surface area contributed by atoms with Crippen LogP contribution in [0.5, 0.6) is 0 Å². The third-order valence-electron chi connectivity index (χ3n) is 24.9. The average molecular weight is 1870 g/mol. The summed E-state index contributed by atoms with van der Waals surface area (Å²) in [5.74, 6) is -12.3. The molecule has 25 N–H and O–H groups in total. The molecule has 41 nitrogen and oxygen atoms in total. The maximum Gasteiger partial charge on any atom is 0.364 e. The highest BCUT2D eigenvalue weighted by molar-refractivity contribution is 5.77. The van der Waals surface area contributed by atoms with Crippen LogP contribution in [0.4, 0.5) is 0 Å². The number of allylic oxidation sites excluding steroid dienone is 3. The van der Waals surface area contributed by atoms with Gasteiger partial charge in [0.2, 0.25) is 11.8 Å². The van der Waals surface area contributed by atoms with Gasteiger partial charge in [-0.05, 0) is 44.9 Å². The lowest BCUT2D eigenvalue weighted by Crippen LogP contribution is -2.71. The normalized spacial score (nSPS) is 34.9. The Hall–Kier alpha value is -3.96. The Morgan fingerprint density at radius 2 is 0.798 bits per heavy atom. The Kier molecular flexibility index (Phi) is 52.8. The summed E-state index contributed by atoms with van der Waals surface area (Å²) in [6.07, 6.45) is -22.5. The Labute approximate surface area is 754 Å². The number of rotatable bonds is 64. The van der Waals surface area contributed by atoms with Crippen molar-refractivity contribution < 1.29 is 193 Å². The molecule has 6 heterocycles. The molecule has 41 heteroatoms. The first-order valence-electron chi connectivity index (χ1n) is 46.9. The average Bonchev–Trinajstić information content (AvgIpc) is 0.743. The molecule has 0 spiro atoms. The number of aliphatic hydroxyl groups is 21. The highest BCUT2D eigenvalue weighted by Gasteiger charge is 2.63. The second-order valence-corrected chi connectivity index (χ2v) is 35.3. The number of carboxylic acid groups (broad SMARTS) is 2. The van der Waals surface area contributed by atoms with E-state index in [-0.39, 0.29) is 12.3 Å². The summed E-state index contributed by atoms with van der Waals surface area (Å²) < 4.78 is 70.6. The second-order valence-electron chi connectivity index (χ2n) is 35.3. The third-order valence-corrected chi connectivity index (χ3v) is 24.9. The molecule has 2 amide bonds. The predicted octanol–water partition coefficient (Wildman–Crippen LogP) is -1.26. The van der Waals surface area contributed by atoms with E-state index in [0.717, 1.165) is 71.1 Å². The van der Waals surface area contributed by atoms with Gasteiger partial charge in [0.05, 0.1) is 70.6 Å². The molecule has 12 unspecified atom stereocenters. The van der Waals surface area contributed by atoms with Crippen LogP contribution in [0, 0.1) is 0 Å². The molecule has 6 rings (SSSR count). The monoisotopic (exact) mass is 1870 g/mol. The Morgan fingerprint density at radius 1 is 0.419 bits per heavy atom. The maximum absolute atomic E-state index is 13.7. The van der Waals surface area contributed by atoms with Gasteiger partial charge in [0.15, 0.2) is 25.2 Å². The van der Waals surface area contributed by atoms with Crippen molar-refractivity contribution in [2.24, 2.45) is 0 Å². The number of nitrogens with one attached hydrogen (secondary N) is 2. The molecule has 6 fully saturated rings. The van der Waals surface area contributed by atoms with Gasteiger partial charge in [-0.2, -0.15) is 0 Å². The number of carbonyl (C=O) groups is 4. The highest BCUT2D eigenvalue weighted by atomic mass is 16.8. The van der Waals surface area contributed by atoms with E-state index in [9.17, 15) is 137 Å². The van der Waals surface area contributed by atoms with Gasteiger partial charge in [0.1, 0.15) is 146 Å². The summed E-state index contributed by atoms with van der Waals surface area (Å²) in [5.41, 5.74) is 0. The van der Waals surface area contributed by atoms with Gasteiger partial charge in [-0.15, -0.1) is 0 Å². The highest BCUT2D eigenvalue weighted by Crippen LogP contribution is 2.42. The summed E-state index contributed by atoms with van der Waals surface area (Å²) >= 11 is 0. The van der Waals surface area contributed by atoms with Crippen molar-refractivity contribution in [3.63, 3.8) is 0 Å². The fraction of sp³-hybridized carbons (Fsp3) is 0.909. The van der Waals surface area contributed by atoms with Gasteiger partial charge in [-0.3, -0.25) is 9.59 Å². The molecular weight excluding hydrogens is 1710 g/mol. The molecule has 6 saturated heterocycles. The molecule has 0 radical (unpaired) electrons. The standard InChI is InChI=1S/C88H156N2O39/c1-4-6-8-10-12-14-16-18-19-20-21-22-23-24-25-26-27-29-31-33-35-37-39-41-62(102)90-52(53(97)40-38-36-34-32-30-28-17-15-13-11-9-7-5-2)49-118-82-72(111)70(109)76(59(47-94)121-82)125-83-73(112)71(110)75(60(48-95)122-83)124-81-63(89-51(3)96)77(69(108)61(123-81)50-119-87(85(114)115)42-54(98)64(103)78(127-87)66(105)56(100)44-91)126-84-74(113)80(68(107)58(46-93)120-84)129-88(86(116)117)43-55(99)65(104)79(128-88)67(106)57(101)45-92/h18-19,38,40,52-61,63-84,91-95,97-101,103-113H,4-17,20-37,39,41-50H2,1-3H3,(H,89,96)(H,90,102)(H,114,115)(H,116,117)/b19-18-,40-38+/t52-,53+,54?,55?,56+,57+,58?,59?,60?,61?,63?,64+,65+,66+,67+,68-,69-,70+,71+,72?,73?,74?,75-,76+,77+,78?,79?,80-,81-,82+,83-,84-,87+,88-/m0/s1. The number of aliphatic hydroxyl groups excluding tert-OH is 21. The van der Waals surface area contributed by atoms with Crippen molar-refractivity contribution in [3.05, 3.63) is 24.3 Å². The maximum atomic E-state index is 13.7. The van der Waals surface area contributed by atoms with Gasteiger partial charge >= 0.3 is 11.9 Å². The Balaban J connectivity index is 1.16. The molecule has 0 bridgehead atoms. The third kappa shape index (κ3) is 34.9. The zero-order chi connectivity index (χ0) is 94.9. The largest absolute Gasteiger partial charge is 0.477 e. The van der Waals surface area contributed by atoms with E-state index in [1.54, 1.807) is 6.08 Å². The van der Waals surface area contributed by atoms with E-state index in [4.69, 9.17) is 56.8 Å². The Bertz CT molecular complexity index is 3140. The van der Waals surface area contributed by atoms with Crippen molar-refractivity contribution in [1.82, 2.24) is 10.6 Å². The summed E-state index contributed by atoms with van der Waals surface area (Å²) in [5, 5.41) is 260. The van der Waals surface area contributed by atoms with Crippen LogP contribution >= 0.6 is 0 Å². The molecule has 6 aliphatic rings. The van der Waals surface area contributed by atoms with E-state index in [2.05, 4.69) is 36.6 Å². The smallest absolute Gasteiger partial charge is 0.364 e. The van der Waals surface area contributed by atoms with Crippen LogP contribution in [-0.2, 0) is 76.0 Å². The lowest BCUT2D eigenvalue weighted by atomic mass is 9.90. The second kappa shape index (κ2) is 59.9. The molecule has 6 aliphatic heterocycles. The van der Waals surface area contributed by atoms with Gasteiger partial charge in [-0.1, -0.05) is 205 Å². The summed E-state index contributed by atoms with van der Waals surface area (Å²) in [4.78, 5) is 53.6. The topological polar surface area (TPSA) is 668 Å². The molecule has 0 aliphatic carbocycles. The molecule has 0 saturated carbocycles. The van der Waals surface area contributed by atoms with Crippen LogP contribution in [-0.4, -0.2) is 395 Å². The van der Waals surface area contributed by atoms with Crippen LogP contribution < -0.4 is 10.6 Å². The minimum atomic E-state index is -3.35. The van der Waals surface area contributed by atoms with Crippen LogP contribution in [0.25, 0.3) is 0 Å². The number of hydrogen-bond donors (Lipinski definition) is 25. The van der Waals surface area contributed by atoms with E-state index < -0.39 is 284 Å². The van der Waals surface area contributed by atoms with E-state index >= 15 is 0 Å². The predicted molar refractivity (Wildman–Crippen MR) is 453 cm³/mol. The Morgan fingerprint density at radius 3 is 1.25 bits per heavy atom. The van der Waals surface area contributed by atoms with Crippen molar-refractivity contribution in [2.45, 2.75) is 459 Å². The summed E-state index contributed by atoms with van der Waals surface area (Å²) in [6, 6.07) is -3.27. The van der Waals surface area contributed by atoms with E-state index in [1.165, 1.54) is 135 Å². The molecule has 0 aromatic heterocycles. The first-order valence-corrected chi connectivity index (χ1v) is 46.9. The van der Waals surface area contributed by atoms with Crippen molar-refractivity contribution in [1.29, 1.82) is 0 Å². The van der Waals surface area contributed by atoms with Gasteiger partial charge in [0, 0.05) is 26.2 Å². The zero-order valence-electron chi connectivity index (χ0n) is 75.0. The number of ether oxygens (including phenoxy) is 12. The van der Waals surface area contributed by atoms with Gasteiger partial charge in [-0.25, -0.2) is 9.59 Å². The molecular formula is C88H156N2O39. The lowest BCUT2D eigenvalue weighted by molar-refractivity contribution is -0.393. The number of aliphatic carboxylic acids is 2. The fourth-order valence-corrected chi connectivity index (χ4v) is 17.0. The van der Waals surface area contributed by atoms with Crippen molar-refractivity contribution >= 4 is 23.8 Å². The number of amides is 2. The first-order chi connectivity index (χ1) is 61.7. The van der Waals surface area contributed by atoms with Crippen LogP contribution in [0.3, 0.4) is 0 Å². The minimum absolute atomic E-state index is 0.131. The van der Waals surface area contributed by atoms with Crippen LogP contribution in [0.2, 0.25) is 0 Å². The van der Waals surface area contributed by atoms with Crippen molar-refractivity contribution in [3.8, 4) is 0 Å². The van der Waals surface area contributed by atoms with E-state index in [1.807, 2.05) is 6.08 Å². The van der Waals surface area contributed by atoms with E-state index in [0.29, 0.717) is 12.8 Å². The fourth-order valence-electron chi connectivity index (χ4n) is 17.0. The number of unbranched alkanes of at least 4 members (excludes halogenated alkanes) is 30. The molecule has 752 valence electrons. The van der Waals surface area contributed by atoms with Crippen molar-refractivity contribution in [2.75, 3.05) is 46.2 Å². The van der Waals surface area contributed by atoms with Gasteiger partial charge in [0.25, 0.3) is 11.6 Å². The first kappa shape index (κ1) is 114. The summed E-state index contributed by atoms with van der Waals surface area (Å²) in [7, 11) is 0. The molecule has 0 aromatic carbocycles. The SMILES string of the molecule is CCCCCCCC/C=C\CCCCCCCCCCCCCCCC(=O)N[C@@H](CO[C@@H]1OC(CO)[C@@H](O[C@@H]2OC(CO)[C@H](O[C@@H]3OC(CO[C@]4(C(=O)O)CC(O)[C@@H](O)C([C@H](O)[C@H](O)CO)O4)[C@H](O)[C@H](O[C@@H]4OC(CO)[C@H](O)[C@H](O[C@]5(C(=O)O)CC(O)[C@@H](O)C([C@H](O)[C@H](O)CO)O5)C4O)C3NC(C)=O)[C@H](O)C2O)[C@H](O)C1O)[C@H](O)/C=C/CCCCCCCCCCCCC. The zero-order valence-corrected chi connectivity index (χ0v) is 75.0. The van der Waals surface area contributed by atoms with Gasteiger partial charge < -0.3 is 185 Å². The minimum Gasteiger partial charge on any atom is -0.477 e. The molecule has 34 atom stereocenters. The number of hydrogen-bond acceptors (Lipinski definition) is 37. The molecule has 129 heavy (non-hydrogen) atoms. The van der Waals surface area contributed by atoms with Crippen LogP contribution in [0.1, 0.15) is 252 Å². The number of carbonyl (C=O) groups excluding carboxylic acids is 2.